The summed E-state index contributed by atoms with van der Waals surface area (Å²) in [4.78, 5) is 41.8. The van der Waals surface area contributed by atoms with Gasteiger partial charge in [-0.3, -0.25) is 14.0 Å². The van der Waals surface area contributed by atoms with Crippen molar-refractivity contribution in [1.29, 1.82) is 0 Å². The number of pyridine rings is 1. The van der Waals surface area contributed by atoms with Crippen LogP contribution >= 0.6 is 11.6 Å². The lowest BCUT2D eigenvalue weighted by molar-refractivity contribution is 0.0949. The van der Waals surface area contributed by atoms with Crippen LogP contribution in [0.25, 0.3) is 5.65 Å². The number of rotatable bonds is 5. The molecule has 0 unspecified atom stereocenters. The smallest absolute Gasteiger partial charge is 0.323 e. The summed E-state index contributed by atoms with van der Waals surface area (Å²) in [7, 11) is 0. The van der Waals surface area contributed by atoms with E-state index in [1.807, 2.05) is 0 Å². The minimum absolute atomic E-state index is 0.0508. The zero-order chi connectivity index (χ0) is 21.8. The number of furan rings is 1. The van der Waals surface area contributed by atoms with E-state index >= 15 is 0 Å². The summed E-state index contributed by atoms with van der Waals surface area (Å²) in [6.45, 7) is 0.195. The van der Waals surface area contributed by atoms with E-state index in [0.29, 0.717) is 16.5 Å². The molecule has 3 N–H and O–H groups in total. The molecular weight excluding hydrogens is 422 g/mol. The lowest BCUT2D eigenvalue weighted by Gasteiger charge is -2.10. The van der Waals surface area contributed by atoms with Gasteiger partial charge in [-0.05, 0) is 42.5 Å². The fourth-order valence-corrected chi connectivity index (χ4v) is 3.09. The number of carbonyl (C=O) groups is 2. The average molecular weight is 438 g/mol. The molecule has 156 valence electrons. The molecule has 0 bridgehead atoms. The van der Waals surface area contributed by atoms with Crippen molar-refractivity contribution >= 4 is 40.6 Å². The third-order valence-corrected chi connectivity index (χ3v) is 4.55. The molecule has 0 spiro atoms. The number of urea groups is 1. The van der Waals surface area contributed by atoms with E-state index in [0.717, 1.165) is 0 Å². The number of nitrogens with zero attached hydrogens (tertiary/aromatic N) is 2. The minimum Gasteiger partial charge on any atom is -0.467 e. The molecule has 0 aliphatic heterocycles. The van der Waals surface area contributed by atoms with Crippen LogP contribution in [-0.4, -0.2) is 21.3 Å². The van der Waals surface area contributed by atoms with Crippen LogP contribution in [0.4, 0.5) is 16.2 Å². The van der Waals surface area contributed by atoms with E-state index in [1.165, 1.54) is 23.1 Å². The number of nitrogens with one attached hydrogen (secondary N) is 3. The molecule has 0 saturated carbocycles. The topological polar surface area (TPSA) is 118 Å². The van der Waals surface area contributed by atoms with Crippen LogP contribution < -0.4 is 21.5 Å². The van der Waals surface area contributed by atoms with Gasteiger partial charge in [0.2, 0.25) is 0 Å². The second-order valence-electron chi connectivity index (χ2n) is 6.44. The molecule has 0 fully saturated rings. The Hall–Kier alpha value is -4.11. The lowest BCUT2D eigenvalue weighted by Crippen LogP contribution is -2.28. The van der Waals surface area contributed by atoms with Gasteiger partial charge in [0.15, 0.2) is 5.65 Å². The van der Waals surface area contributed by atoms with Crippen LogP contribution in [0.15, 0.2) is 76.4 Å². The third-order valence-electron chi connectivity index (χ3n) is 4.31. The van der Waals surface area contributed by atoms with Crippen molar-refractivity contribution in [3.63, 3.8) is 0 Å². The van der Waals surface area contributed by atoms with Crippen molar-refractivity contribution in [2.24, 2.45) is 0 Å². The van der Waals surface area contributed by atoms with Crippen molar-refractivity contribution in [1.82, 2.24) is 14.7 Å². The molecule has 10 heteroatoms. The third kappa shape index (κ3) is 4.57. The monoisotopic (exact) mass is 437 g/mol. The van der Waals surface area contributed by atoms with E-state index in [-0.39, 0.29) is 23.4 Å². The second kappa shape index (κ2) is 8.72. The molecule has 0 aliphatic carbocycles. The second-order valence-corrected chi connectivity index (χ2v) is 6.88. The SMILES string of the molecule is O=C(Nc1cccc(Cl)c1)Nc1cnc2c(C(=O)NCc3ccco3)cccn2c1=O. The molecule has 9 nitrogen and oxygen atoms in total. The van der Waals surface area contributed by atoms with Gasteiger partial charge in [-0.1, -0.05) is 17.7 Å². The molecule has 1 aromatic carbocycles. The lowest BCUT2D eigenvalue weighted by atomic mass is 10.2. The van der Waals surface area contributed by atoms with E-state index in [9.17, 15) is 14.4 Å². The van der Waals surface area contributed by atoms with Gasteiger partial charge in [-0.15, -0.1) is 0 Å². The highest BCUT2D eigenvalue weighted by Gasteiger charge is 2.15. The van der Waals surface area contributed by atoms with Gasteiger partial charge in [0.25, 0.3) is 11.5 Å². The summed E-state index contributed by atoms with van der Waals surface area (Å²) >= 11 is 5.90. The number of hydrogen-bond donors (Lipinski definition) is 3. The van der Waals surface area contributed by atoms with Gasteiger partial charge in [-0.2, -0.15) is 0 Å². The van der Waals surface area contributed by atoms with Gasteiger partial charge in [-0.25, -0.2) is 9.78 Å². The first-order valence-electron chi connectivity index (χ1n) is 9.16. The Morgan fingerprint density at radius 3 is 2.74 bits per heavy atom. The number of halogens is 1. The maximum atomic E-state index is 12.8. The fraction of sp³-hybridized carbons (Fsp3) is 0.0476. The minimum atomic E-state index is -0.631. The van der Waals surface area contributed by atoms with Crippen LogP contribution in [-0.2, 0) is 6.54 Å². The first kappa shape index (κ1) is 20.2. The predicted octanol–water partition coefficient (Wildman–Crippen LogP) is 3.51. The molecule has 0 aliphatic rings. The maximum Gasteiger partial charge on any atom is 0.323 e. The highest BCUT2D eigenvalue weighted by molar-refractivity contribution is 6.30. The Balaban J connectivity index is 1.54. The molecule has 4 aromatic rings. The molecule has 0 atom stereocenters. The van der Waals surface area contributed by atoms with Crippen molar-refractivity contribution in [2.75, 3.05) is 10.6 Å². The Morgan fingerprint density at radius 1 is 1.10 bits per heavy atom. The summed E-state index contributed by atoms with van der Waals surface area (Å²) in [5, 5.41) is 8.22. The number of aromatic nitrogens is 2. The van der Waals surface area contributed by atoms with Crippen molar-refractivity contribution in [3.05, 3.63) is 93.9 Å². The largest absolute Gasteiger partial charge is 0.467 e. The molecular formula is C21H16ClN5O4. The molecule has 3 amide bonds. The number of fused-ring (bicyclic) bond motifs is 1. The molecule has 3 heterocycles. The van der Waals surface area contributed by atoms with Crippen LogP contribution in [0.2, 0.25) is 5.02 Å². The number of anilines is 2. The standard InChI is InChI=1S/C21H16ClN5O4/c22-13-4-1-5-14(10-13)25-21(30)26-17-12-23-18-16(7-2-8-27(18)20(17)29)19(28)24-11-15-6-3-9-31-15/h1-10,12H,11H2,(H,24,28)(H2,25,26,30). The van der Waals surface area contributed by atoms with E-state index < -0.39 is 17.5 Å². The first-order valence-corrected chi connectivity index (χ1v) is 9.53. The van der Waals surface area contributed by atoms with Crippen LogP contribution in [0.1, 0.15) is 16.1 Å². The van der Waals surface area contributed by atoms with Crippen LogP contribution in [0.5, 0.6) is 0 Å². The van der Waals surface area contributed by atoms with Crippen molar-refractivity contribution in [3.8, 4) is 0 Å². The highest BCUT2D eigenvalue weighted by Crippen LogP contribution is 2.15. The molecule has 3 aromatic heterocycles. The Labute approximate surface area is 180 Å². The summed E-state index contributed by atoms with van der Waals surface area (Å²) < 4.78 is 6.38. The maximum absolute atomic E-state index is 12.8. The van der Waals surface area contributed by atoms with Crippen LogP contribution in [0.3, 0.4) is 0 Å². The van der Waals surface area contributed by atoms with E-state index in [2.05, 4.69) is 20.9 Å². The van der Waals surface area contributed by atoms with Crippen molar-refractivity contribution in [2.45, 2.75) is 6.54 Å². The summed E-state index contributed by atoms with van der Waals surface area (Å²) in [5.74, 6) is 0.178. The van der Waals surface area contributed by atoms with Crippen LogP contribution in [0, 0.1) is 0 Å². The summed E-state index contributed by atoms with van der Waals surface area (Å²) in [6, 6.07) is 12.5. The van der Waals surface area contributed by atoms with Crippen molar-refractivity contribution < 1.29 is 14.0 Å². The normalized spacial score (nSPS) is 10.6. The van der Waals surface area contributed by atoms with Gasteiger partial charge < -0.3 is 20.4 Å². The molecule has 31 heavy (non-hydrogen) atoms. The highest BCUT2D eigenvalue weighted by atomic mass is 35.5. The predicted molar refractivity (Wildman–Crippen MR) is 115 cm³/mol. The number of benzene rings is 1. The number of amides is 3. The summed E-state index contributed by atoms with van der Waals surface area (Å²) in [5.41, 5.74) is 0.248. The molecule has 0 radical (unpaired) electrons. The Bertz CT molecular complexity index is 1320. The average Bonchev–Trinajstić information content (AvgIpc) is 3.27. The van der Waals surface area contributed by atoms with Gasteiger partial charge in [0.05, 0.1) is 24.6 Å². The number of carbonyl (C=O) groups excluding carboxylic acids is 2. The zero-order valence-corrected chi connectivity index (χ0v) is 16.7. The van der Waals surface area contributed by atoms with E-state index in [1.54, 1.807) is 48.5 Å². The van der Waals surface area contributed by atoms with E-state index in [4.69, 9.17) is 16.0 Å². The van der Waals surface area contributed by atoms with Gasteiger partial charge >= 0.3 is 6.03 Å². The Morgan fingerprint density at radius 2 is 1.97 bits per heavy atom. The van der Waals surface area contributed by atoms with Gasteiger partial charge in [0.1, 0.15) is 11.4 Å². The summed E-state index contributed by atoms with van der Waals surface area (Å²) in [6.07, 6.45) is 4.18. The number of hydrogen-bond acceptors (Lipinski definition) is 5. The zero-order valence-electron chi connectivity index (χ0n) is 16.0. The quantitative estimate of drug-likeness (QED) is 0.441. The molecule has 0 saturated heterocycles. The first-order chi connectivity index (χ1) is 15.0. The fourth-order valence-electron chi connectivity index (χ4n) is 2.90. The Kier molecular flexibility index (Phi) is 5.67. The molecule has 4 rings (SSSR count). The van der Waals surface area contributed by atoms with Gasteiger partial charge in [0, 0.05) is 16.9 Å².